The van der Waals surface area contributed by atoms with Crippen LogP contribution in [0.15, 0.2) is 59.5 Å². The van der Waals surface area contributed by atoms with E-state index >= 15 is 0 Å². The Balaban J connectivity index is 1.66. The molecular weight excluding hydrogens is 332 g/mol. The molecule has 1 aliphatic rings. The van der Waals surface area contributed by atoms with E-state index in [0.717, 1.165) is 13.1 Å². The van der Waals surface area contributed by atoms with E-state index in [2.05, 4.69) is 84.0 Å². The van der Waals surface area contributed by atoms with Crippen LogP contribution >= 0.6 is 23.1 Å². The van der Waals surface area contributed by atoms with E-state index < -0.39 is 0 Å². The molecular formula is C20H21N2S2+. The molecule has 1 unspecified atom stereocenters. The molecule has 24 heavy (non-hydrogen) atoms. The standard InChI is InChI=1S/C20H21N2S2/c1-3-21-15-9-5-7-11-17(15)23-19(21)13-14-20-22(4-2)16-10-6-8-12-18(16)24-20/h5-14,19H,3-4H2,1-2H3/q+1/b14-13-. The number of anilines is 1. The highest BCUT2D eigenvalue weighted by Crippen LogP contribution is 2.43. The summed E-state index contributed by atoms with van der Waals surface area (Å²) < 4.78 is 3.76. The Labute approximate surface area is 151 Å². The van der Waals surface area contributed by atoms with Gasteiger partial charge in [0.15, 0.2) is 0 Å². The van der Waals surface area contributed by atoms with Crippen LogP contribution in [0.5, 0.6) is 0 Å². The Hall–Kier alpha value is -1.78. The molecule has 1 aliphatic heterocycles. The van der Waals surface area contributed by atoms with Crippen molar-refractivity contribution in [2.24, 2.45) is 0 Å². The Morgan fingerprint density at radius 3 is 2.71 bits per heavy atom. The highest BCUT2D eigenvalue weighted by Gasteiger charge is 2.27. The third kappa shape index (κ3) is 2.64. The van der Waals surface area contributed by atoms with Gasteiger partial charge in [0, 0.05) is 23.6 Å². The Morgan fingerprint density at radius 2 is 1.88 bits per heavy atom. The minimum atomic E-state index is 0.378. The zero-order valence-electron chi connectivity index (χ0n) is 14.0. The van der Waals surface area contributed by atoms with E-state index in [-0.39, 0.29) is 0 Å². The molecule has 1 aromatic heterocycles. The van der Waals surface area contributed by atoms with Gasteiger partial charge < -0.3 is 4.90 Å². The number of aryl methyl sites for hydroxylation is 1. The molecule has 0 radical (unpaired) electrons. The van der Waals surface area contributed by atoms with Crippen LogP contribution in [-0.2, 0) is 6.54 Å². The molecule has 3 aromatic rings. The number of rotatable bonds is 4. The van der Waals surface area contributed by atoms with Gasteiger partial charge in [-0.05, 0) is 38.1 Å². The number of thiazole rings is 1. The summed E-state index contributed by atoms with van der Waals surface area (Å²) in [5.41, 5.74) is 2.69. The summed E-state index contributed by atoms with van der Waals surface area (Å²) in [6, 6.07) is 17.4. The van der Waals surface area contributed by atoms with Crippen molar-refractivity contribution in [3.8, 4) is 0 Å². The summed E-state index contributed by atoms with van der Waals surface area (Å²) in [4.78, 5) is 3.86. The number of para-hydroxylation sites is 2. The quantitative estimate of drug-likeness (QED) is 0.597. The molecule has 0 saturated carbocycles. The summed E-state index contributed by atoms with van der Waals surface area (Å²) in [5.74, 6) is 0. The number of likely N-dealkylation sites (N-methyl/N-ethyl adjacent to an activating group) is 1. The largest absolute Gasteiger partial charge is 0.355 e. The number of aromatic nitrogens is 1. The lowest BCUT2D eigenvalue weighted by molar-refractivity contribution is -0.665. The molecule has 0 spiro atoms. The maximum absolute atomic E-state index is 2.47. The van der Waals surface area contributed by atoms with Gasteiger partial charge in [0.1, 0.15) is 11.2 Å². The average molecular weight is 354 g/mol. The molecule has 2 aromatic carbocycles. The Bertz CT molecular complexity index is 898. The van der Waals surface area contributed by atoms with Gasteiger partial charge in [0.05, 0.1) is 11.1 Å². The number of benzene rings is 2. The third-order valence-electron chi connectivity index (χ3n) is 4.43. The van der Waals surface area contributed by atoms with Crippen LogP contribution < -0.4 is 9.47 Å². The molecule has 0 amide bonds. The van der Waals surface area contributed by atoms with E-state index in [9.17, 15) is 0 Å². The van der Waals surface area contributed by atoms with Gasteiger partial charge >= 0.3 is 0 Å². The molecule has 0 fully saturated rings. The number of thioether (sulfide) groups is 1. The van der Waals surface area contributed by atoms with E-state index in [1.807, 2.05) is 23.1 Å². The molecule has 4 heteroatoms. The molecule has 0 bridgehead atoms. The number of fused-ring (bicyclic) bond motifs is 2. The van der Waals surface area contributed by atoms with Gasteiger partial charge in [-0.3, -0.25) is 0 Å². The molecule has 2 heterocycles. The van der Waals surface area contributed by atoms with E-state index in [4.69, 9.17) is 0 Å². The van der Waals surface area contributed by atoms with Crippen molar-refractivity contribution in [3.63, 3.8) is 0 Å². The predicted octanol–water partition coefficient (Wildman–Crippen LogP) is 5.18. The lowest BCUT2D eigenvalue weighted by atomic mass is 10.3. The van der Waals surface area contributed by atoms with Crippen LogP contribution in [0.3, 0.4) is 0 Å². The van der Waals surface area contributed by atoms with Crippen molar-refractivity contribution in [1.82, 2.24) is 0 Å². The third-order valence-corrected chi connectivity index (χ3v) is 6.81. The maximum Gasteiger partial charge on any atom is 0.262 e. The highest BCUT2D eigenvalue weighted by molar-refractivity contribution is 8.00. The first-order chi connectivity index (χ1) is 11.8. The molecule has 122 valence electrons. The first-order valence-corrected chi connectivity index (χ1v) is 10.1. The maximum atomic E-state index is 2.47. The fourth-order valence-electron chi connectivity index (χ4n) is 3.29. The second kappa shape index (κ2) is 6.61. The van der Waals surface area contributed by atoms with Crippen molar-refractivity contribution in [1.29, 1.82) is 0 Å². The van der Waals surface area contributed by atoms with E-state index in [0.29, 0.717) is 5.37 Å². The molecule has 2 nitrogen and oxygen atoms in total. The SMILES string of the molecule is CCN1c2ccccc2SC1/C=C\c1sc2ccccc2[n+]1CC. The van der Waals surface area contributed by atoms with E-state index in [1.165, 1.54) is 25.8 Å². The van der Waals surface area contributed by atoms with Crippen LogP contribution in [0.4, 0.5) is 5.69 Å². The number of hydrogen-bond acceptors (Lipinski definition) is 3. The highest BCUT2D eigenvalue weighted by atomic mass is 32.2. The first-order valence-electron chi connectivity index (χ1n) is 8.43. The second-order valence-corrected chi connectivity index (χ2v) is 7.99. The summed E-state index contributed by atoms with van der Waals surface area (Å²) in [6.45, 7) is 6.47. The lowest BCUT2D eigenvalue weighted by Crippen LogP contribution is -2.33. The van der Waals surface area contributed by atoms with Crippen molar-refractivity contribution in [2.75, 3.05) is 11.4 Å². The topological polar surface area (TPSA) is 7.12 Å². The molecule has 0 saturated heterocycles. The molecule has 0 N–H and O–H groups in total. The van der Waals surface area contributed by atoms with Crippen LogP contribution in [0.1, 0.15) is 18.9 Å². The summed E-state index contributed by atoms with van der Waals surface area (Å²) >= 11 is 3.82. The number of nitrogens with zero attached hydrogens (tertiary/aromatic N) is 2. The smallest absolute Gasteiger partial charge is 0.262 e. The molecule has 4 rings (SSSR count). The average Bonchev–Trinajstić information content (AvgIpc) is 3.16. The summed E-state index contributed by atoms with van der Waals surface area (Å²) in [6.07, 6.45) is 4.66. The summed E-state index contributed by atoms with van der Waals surface area (Å²) in [7, 11) is 0. The van der Waals surface area contributed by atoms with Gasteiger partial charge in [0.25, 0.3) is 5.01 Å². The second-order valence-electron chi connectivity index (χ2n) is 5.77. The van der Waals surface area contributed by atoms with Crippen LogP contribution in [0.25, 0.3) is 16.3 Å². The number of hydrogen-bond donors (Lipinski definition) is 0. The van der Waals surface area contributed by atoms with Gasteiger partial charge in [-0.2, -0.15) is 4.57 Å². The van der Waals surface area contributed by atoms with Crippen molar-refractivity contribution in [3.05, 3.63) is 59.6 Å². The molecule has 0 aliphatic carbocycles. The normalized spacial score (nSPS) is 17.1. The predicted molar refractivity (Wildman–Crippen MR) is 106 cm³/mol. The van der Waals surface area contributed by atoms with Crippen LogP contribution in [-0.4, -0.2) is 11.9 Å². The van der Waals surface area contributed by atoms with E-state index in [1.54, 1.807) is 0 Å². The van der Waals surface area contributed by atoms with Crippen molar-refractivity contribution >= 4 is 45.1 Å². The van der Waals surface area contributed by atoms with Crippen LogP contribution in [0, 0.1) is 0 Å². The van der Waals surface area contributed by atoms with Gasteiger partial charge in [-0.15, -0.1) is 0 Å². The minimum absolute atomic E-state index is 0.378. The van der Waals surface area contributed by atoms with Crippen molar-refractivity contribution in [2.45, 2.75) is 30.7 Å². The zero-order chi connectivity index (χ0) is 16.5. The van der Waals surface area contributed by atoms with Gasteiger partial charge in [-0.1, -0.05) is 47.4 Å². The Kier molecular flexibility index (Phi) is 4.33. The fourth-order valence-corrected chi connectivity index (χ4v) is 5.70. The first kappa shape index (κ1) is 15.7. The minimum Gasteiger partial charge on any atom is -0.355 e. The monoisotopic (exact) mass is 353 g/mol. The van der Waals surface area contributed by atoms with Gasteiger partial charge in [0.2, 0.25) is 5.52 Å². The zero-order valence-corrected chi connectivity index (χ0v) is 15.6. The fraction of sp³-hybridized carbons (Fsp3) is 0.250. The van der Waals surface area contributed by atoms with Crippen LogP contribution in [0.2, 0.25) is 0 Å². The molecule has 1 atom stereocenters. The Morgan fingerprint density at radius 1 is 1.08 bits per heavy atom. The van der Waals surface area contributed by atoms with Crippen molar-refractivity contribution < 1.29 is 4.57 Å². The lowest BCUT2D eigenvalue weighted by Gasteiger charge is -2.22. The van der Waals surface area contributed by atoms with Gasteiger partial charge in [-0.25, -0.2) is 0 Å². The summed E-state index contributed by atoms with van der Waals surface area (Å²) in [5, 5.41) is 1.70.